The molecule has 2 aromatic carbocycles. The summed E-state index contributed by atoms with van der Waals surface area (Å²) in [5.74, 6) is 1.94. The highest BCUT2D eigenvalue weighted by Gasteiger charge is 2.34. The molecule has 3 aliphatic heterocycles. The van der Waals surface area contributed by atoms with Gasteiger partial charge in [0.25, 0.3) is 0 Å². The first-order chi connectivity index (χ1) is 15.2. The molecule has 0 atom stereocenters. The van der Waals surface area contributed by atoms with Crippen LogP contribution in [0.2, 0.25) is 0 Å². The Labute approximate surface area is 183 Å². The van der Waals surface area contributed by atoms with Gasteiger partial charge >= 0.3 is 6.03 Å². The van der Waals surface area contributed by atoms with Crippen molar-refractivity contribution >= 4 is 28.4 Å². The number of hydrogen-bond donors (Lipinski definition) is 1. The van der Waals surface area contributed by atoms with Gasteiger partial charge in [0.1, 0.15) is 5.82 Å². The fourth-order valence-corrected chi connectivity index (χ4v) is 5.57. The van der Waals surface area contributed by atoms with Crippen LogP contribution < -0.4 is 10.2 Å². The van der Waals surface area contributed by atoms with Crippen molar-refractivity contribution in [2.45, 2.75) is 44.7 Å². The van der Waals surface area contributed by atoms with Crippen molar-refractivity contribution in [3.8, 4) is 0 Å². The number of urea groups is 1. The Kier molecular flexibility index (Phi) is 4.55. The summed E-state index contributed by atoms with van der Waals surface area (Å²) in [4.78, 5) is 22.2. The monoisotopic (exact) mass is 412 g/mol. The fraction of sp³-hybridized carbons (Fsp3) is 0.385. The standard InChI is InChI=1S/C26H28N4O/c31-26(29-14-13-19-3-1-2-4-21(19)17-29)27-22-8-11-24-20(15-22)7-12-25(28-24)30-16-18-5-9-23(30)10-6-18/h1-4,7-8,11-12,15,18,23H,5-6,9-10,13-14,16-17H2,(H,27,31). The molecule has 5 heteroatoms. The van der Waals surface area contributed by atoms with Crippen LogP contribution in [0, 0.1) is 5.92 Å². The normalized spacial score (nSPS) is 22.5. The molecule has 2 bridgehead atoms. The molecule has 3 fully saturated rings. The van der Waals surface area contributed by atoms with Gasteiger partial charge in [-0.25, -0.2) is 9.78 Å². The van der Waals surface area contributed by atoms with Crippen molar-refractivity contribution in [2.24, 2.45) is 5.92 Å². The maximum absolute atomic E-state index is 12.8. The van der Waals surface area contributed by atoms with E-state index in [9.17, 15) is 4.79 Å². The number of hydrogen-bond acceptors (Lipinski definition) is 3. The number of carbonyl (C=O) groups excluding carboxylic acids is 1. The number of piperidine rings is 2. The van der Waals surface area contributed by atoms with Gasteiger partial charge in [-0.2, -0.15) is 0 Å². The molecule has 158 valence electrons. The number of carbonyl (C=O) groups is 1. The molecule has 2 saturated heterocycles. The smallest absolute Gasteiger partial charge is 0.322 e. The van der Waals surface area contributed by atoms with Crippen LogP contribution in [-0.4, -0.2) is 35.0 Å². The maximum atomic E-state index is 12.8. The number of rotatable bonds is 2. The predicted octanol–water partition coefficient (Wildman–Crippen LogP) is 5.20. The van der Waals surface area contributed by atoms with Crippen LogP contribution in [0.15, 0.2) is 54.6 Å². The van der Waals surface area contributed by atoms with E-state index in [1.165, 1.54) is 36.8 Å². The molecule has 1 aliphatic carbocycles. The highest BCUT2D eigenvalue weighted by molar-refractivity contribution is 5.93. The lowest BCUT2D eigenvalue weighted by Gasteiger charge is -2.46. The van der Waals surface area contributed by atoms with Crippen molar-refractivity contribution in [1.82, 2.24) is 9.88 Å². The Balaban J connectivity index is 1.18. The average Bonchev–Trinajstić information content (AvgIpc) is 2.84. The lowest BCUT2D eigenvalue weighted by Crippen LogP contribution is -2.48. The Morgan fingerprint density at radius 1 is 0.968 bits per heavy atom. The van der Waals surface area contributed by atoms with Gasteiger partial charge in [-0.3, -0.25) is 0 Å². The first-order valence-corrected chi connectivity index (χ1v) is 11.5. The highest BCUT2D eigenvalue weighted by Crippen LogP contribution is 2.37. The summed E-state index contributed by atoms with van der Waals surface area (Å²) in [5, 5.41) is 4.15. The summed E-state index contributed by atoms with van der Waals surface area (Å²) >= 11 is 0. The van der Waals surface area contributed by atoms with Gasteiger partial charge in [0.2, 0.25) is 0 Å². The highest BCUT2D eigenvalue weighted by atomic mass is 16.2. The molecule has 5 nitrogen and oxygen atoms in total. The first-order valence-electron chi connectivity index (χ1n) is 11.5. The lowest BCUT2D eigenvalue weighted by molar-refractivity contribution is 0.206. The van der Waals surface area contributed by atoms with Gasteiger partial charge < -0.3 is 15.1 Å². The van der Waals surface area contributed by atoms with Crippen LogP contribution in [0.3, 0.4) is 0 Å². The Morgan fingerprint density at radius 3 is 2.61 bits per heavy atom. The van der Waals surface area contributed by atoms with E-state index in [-0.39, 0.29) is 6.03 Å². The maximum Gasteiger partial charge on any atom is 0.322 e. The van der Waals surface area contributed by atoms with E-state index in [1.807, 2.05) is 29.2 Å². The number of anilines is 2. The van der Waals surface area contributed by atoms with Gasteiger partial charge in [-0.1, -0.05) is 24.3 Å². The van der Waals surface area contributed by atoms with Crippen molar-refractivity contribution < 1.29 is 4.79 Å². The summed E-state index contributed by atoms with van der Waals surface area (Å²) in [6.45, 7) is 2.56. The molecule has 31 heavy (non-hydrogen) atoms. The lowest BCUT2D eigenvalue weighted by atomic mass is 9.80. The number of nitrogens with one attached hydrogen (secondary N) is 1. The van der Waals surface area contributed by atoms with Gasteiger partial charge in [0.05, 0.1) is 5.52 Å². The molecule has 1 saturated carbocycles. The molecule has 0 radical (unpaired) electrons. The Morgan fingerprint density at radius 2 is 1.81 bits per heavy atom. The largest absolute Gasteiger partial charge is 0.353 e. The van der Waals surface area contributed by atoms with E-state index in [1.54, 1.807) is 0 Å². The first kappa shape index (κ1) is 18.7. The summed E-state index contributed by atoms with van der Waals surface area (Å²) < 4.78 is 0. The van der Waals surface area contributed by atoms with Gasteiger partial charge in [0.15, 0.2) is 0 Å². The zero-order valence-corrected chi connectivity index (χ0v) is 17.8. The summed E-state index contributed by atoms with van der Waals surface area (Å²) in [5.41, 5.74) is 4.40. The van der Waals surface area contributed by atoms with Crippen molar-refractivity contribution in [1.29, 1.82) is 0 Å². The third kappa shape index (κ3) is 3.52. The second kappa shape index (κ2) is 7.56. The van der Waals surface area contributed by atoms with Crippen molar-refractivity contribution in [3.63, 3.8) is 0 Å². The summed E-state index contributed by atoms with van der Waals surface area (Å²) in [6.07, 6.45) is 6.26. The Hall–Kier alpha value is -3.08. The molecule has 4 heterocycles. The molecule has 1 N–H and O–H groups in total. The van der Waals surface area contributed by atoms with Crippen LogP contribution in [-0.2, 0) is 13.0 Å². The molecular formula is C26H28N4O. The molecule has 2 amide bonds. The minimum Gasteiger partial charge on any atom is -0.353 e. The number of aromatic nitrogens is 1. The van der Waals surface area contributed by atoms with Crippen LogP contribution in [0.1, 0.15) is 36.8 Å². The van der Waals surface area contributed by atoms with Gasteiger partial charge in [-0.15, -0.1) is 0 Å². The molecule has 0 unspecified atom stereocenters. The molecule has 4 aliphatic rings. The van der Waals surface area contributed by atoms with Gasteiger partial charge in [0, 0.05) is 36.7 Å². The van der Waals surface area contributed by atoms with Crippen LogP contribution >= 0.6 is 0 Å². The topological polar surface area (TPSA) is 48.5 Å². The average molecular weight is 413 g/mol. The van der Waals surface area contributed by atoms with Crippen LogP contribution in [0.4, 0.5) is 16.3 Å². The van der Waals surface area contributed by atoms with E-state index in [4.69, 9.17) is 4.98 Å². The molecule has 7 rings (SSSR count). The quantitative estimate of drug-likeness (QED) is 0.629. The van der Waals surface area contributed by atoms with E-state index in [2.05, 4.69) is 40.5 Å². The number of amides is 2. The number of benzene rings is 2. The predicted molar refractivity (Wildman–Crippen MR) is 124 cm³/mol. The Bertz CT molecular complexity index is 1140. The van der Waals surface area contributed by atoms with E-state index >= 15 is 0 Å². The zero-order chi connectivity index (χ0) is 20.8. The molecular weight excluding hydrogens is 384 g/mol. The SMILES string of the molecule is O=C(Nc1ccc2nc(N3CC4CCC3CC4)ccc2c1)N1CCc2ccccc2C1. The van der Waals surface area contributed by atoms with Crippen LogP contribution in [0.25, 0.3) is 10.9 Å². The molecule has 3 aromatic rings. The fourth-order valence-electron chi connectivity index (χ4n) is 5.57. The summed E-state index contributed by atoms with van der Waals surface area (Å²) in [6, 6.07) is 19.3. The number of pyridine rings is 1. The molecule has 0 spiro atoms. The van der Waals surface area contributed by atoms with E-state index in [0.717, 1.165) is 47.8 Å². The third-order valence-corrected chi connectivity index (χ3v) is 7.35. The minimum atomic E-state index is -0.0391. The molecule has 1 aromatic heterocycles. The zero-order valence-electron chi connectivity index (χ0n) is 17.8. The summed E-state index contributed by atoms with van der Waals surface area (Å²) in [7, 11) is 0. The second-order valence-corrected chi connectivity index (χ2v) is 9.27. The van der Waals surface area contributed by atoms with Gasteiger partial charge in [-0.05, 0) is 79.5 Å². The van der Waals surface area contributed by atoms with E-state index in [0.29, 0.717) is 12.6 Å². The minimum absolute atomic E-state index is 0.0391. The number of fused-ring (bicyclic) bond motifs is 5. The second-order valence-electron chi connectivity index (χ2n) is 9.27. The third-order valence-electron chi connectivity index (χ3n) is 7.35. The number of nitrogens with zero attached hydrogens (tertiary/aromatic N) is 3. The van der Waals surface area contributed by atoms with E-state index < -0.39 is 0 Å². The van der Waals surface area contributed by atoms with Crippen molar-refractivity contribution in [3.05, 3.63) is 65.7 Å². The van der Waals surface area contributed by atoms with Crippen LogP contribution in [0.5, 0.6) is 0 Å². The van der Waals surface area contributed by atoms with Crippen molar-refractivity contribution in [2.75, 3.05) is 23.3 Å².